The van der Waals surface area contributed by atoms with Crippen molar-refractivity contribution in [2.45, 2.75) is 18.6 Å². The highest BCUT2D eigenvalue weighted by Gasteiger charge is 2.35. The molecule has 0 unspecified atom stereocenters. The molecule has 3 nitrogen and oxygen atoms in total. The Bertz CT molecular complexity index is 790. The topological polar surface area (TPSA) is 30.5 Å². The maximum absolute atomic E-state index is 13.2. The highest BCUT2D eigenvalue weighted by Crippen LogP contribution is 2.41. The maximum Gasteiger partial charge on any atom is 0.573 e. The molecule has 0 radical (unpaired) electrons. The third kappa shape index (κ3) is 5.20. The van der Waals surface area contributed by atoms with Crippen LogP contribution in [0.3, 0.4) is 0 Å². The lowest BCUT2D eigenvalue weighted by Crippen LogP contribution is -2.50. The van der Waals surface area contributed by atoms with Gasteiger partial charge in [0.05, 0.1) is 5.56 Å². The molecule has 0 atom stereocenters. The van der Waals surface area contributed by atoms with E-state index in [1.807, 2.05) is 0 Å². The molecule has 0 saturated carbocycles. The number of nitrogens with one attached hydrogen (secondary N) is 1. The molecule has 2 aromatic rings. The zero-order chi connectivity index (χ0) is 18.9. The first-order valence-corrected chi connectivity index (χ1v) is 7.57. The van der Waals surface area contributed by atoms with Crippen molar-refractivity contribution in [2.24, 2.45) is 0 Å². The molecule has 1 heterocycles. The number of hydrogen-bond acceptors (Lipinski definition) is 3. The molecule has 1 aliphatic heterocycles. The number of benzene rings is 2. The molecule has 1 saturated heterocycles. The Balaban J connectivity index is 0.00000261. The predicted molar refractivity (Wildman–Crippen MR) is 88.1 cm³/mol. The van der Waals surface area contributed by atoms with Crippen LogP contribution in [0, 0.1) is 0 Å². The molecule has 2 aromatic carbocycles. The van der Waals surface area contributed by atoms with Crippen LogP contribution < -0.4 is 14.8 Å². The van der Waals surface area contributed by atoms with Crippen LogP contribution in [0.1, 0.15) is 5.56 Å². The quantitative estimate of drug-likeness (QED) is 0.712. The van der Waals surface area contributed by atoms with Crippen LogP contribution in [-0.2, 0) is 6.18 Å². The van der Waals surface area contributed by atoms with E-state index in [0.717, 1.165) is 12.1 Å². The van der Waals surface area contributed by atoms with Crippen molar-refractivity contribution >= 4 is 12.4 Å². The molecule has 148 valence electrons. The smallest absolute Gasteiger partial charge is 0.484 e. The predicted octanol–water partition coefficient (Wildman–Crippen LogP) is 5.04. The van der Waals surface area contributed by atoms with Gasteiger partial charge in [0.1, 0.15) is 6.10 Å². The van der Waals surface area contributed by atoms with Gasteiger partial charge in [0.25, 0.3) is 0 Å². The van der Waals surface area contributed by atoms with Crippen molar-refractivity contribution in [1.29, 1.82) is 0 Å². The minimum atomic E-state index is -5.00. The molecular formula is C17H14ClF6NO2. The van der Waals surface area contributed by atoms with Crippen molar-refractivity contribution in [2.75, 3.05) is 13.1 Å². The molecule has 0 aromatic heterocycles. The first-order valence-electron chi connectivity index (χ1n) is 7.57. The highest BCUT2D eigenvalue weighted by atomic mass is 35.5. The molecule has 3 rings (SSSR count). The summed E-state index contributed by atoms with van der Waals surface area (Å²) in [4.78, 5) is 0. The van der Waals surface area contributed by atoms with Gasteiger partial charge in [-0.1, -0.05) is 24.3 Å². The van der Waals surface area contributed by atoms with Gasteiger partial charge in [0, 0.05) is 13.1 Å². The lowest BCUT2D eigenvalue weighted by molar-refractivity contribution is -0.275. The summed E-state index contributed by atoms with van der Waals surface area (Å²) in [5.74, 6) is -0.860. The second-order valence-electron chi connectivity index (χ2n) is 5.65. The zero-order valence-corrected chi connectivity index (χ0v) is 14.3. The second kappa shape index (κ2) is 7.85. The van der Waals surface area contributed by atoms with E-state index in [4.69, 9.17) is 4.74 Å². The summed E-state index contributed by atoms with van der Waals surface area (Å²) in [5.41, 5.74) is -1.25. The van der Waals surface area contributed by atoms with Gasteiger partial charge in [-0.2, -0.15) is 13.2 Å². The molecule has 0 aliphatic carbocycles. The minimum absolute atomic E-state index is 0. The fourth-order valence-electron chi connectivity index (χ4n) is 2.48. The maximum atomic E-state index is 13.2. The number of ether oxygens (including phenoxy) is 2. The van der Waals surface area contributed by atoms with Crippen molar-refractivity contribution in [3.63, 3.8) is 0 Å². The molecule has 1 fully saturated rings. The van der Waals surface area contributed by atoms with E-state index < -0.39 is 23.9 Å². The molecule has 10 heteroatoms. The van der Waals surface area contributed by atoms with Gasteiger partial charge in [0.15, 0.2) is 11.5 Å². The number of rotatable bonds is 4. The molecule has 27 heavy (non-hydrogen) atoms. The standard InChI is InChI=1S/C17H13F6NO2.ClH/c18-16(19,20)13-4-2-1-3-12(13)10-5-6-14(25-11-8-24-9-11)15(7-10)26-17(21,22)23;/h1-7,11,24H,8-9H2;1H. The normalized spacial score (nSPS) is 14.9. The Labute approximate surface area is 156 Å². The summed E-state index contributed by atoms with van der Waals surface area (Å²) in [5, 5.41) is 2.90. The van der Waals surface area contributed by atoms with E-state index >= 15 is 0 Å². The molecule has 0 spiro atoms. The van der Waals surface area contributed by atoms with Crippen molar-refractivity contribution < 1.29 is 35.8 Å². The molecular weight excluding hydrogens is 400 g/mol. The van der Waals surface area contributed by atoms with Gasteiger partial charge in [-0.25, -0.2) is 0 Å². The van der Waals surface area contributed by atoms with Crippen LogP contribution in [0.25, 0.3) is 11.1 Å². The number of hydrogen-bond donors (Lipinski definition) is 1. The highest BCUT2D eigenvalue weighted by molar-refractivity contribution is 5.85. The van der Waals surface area contributed by atoms with E-state index in [9.17, 15) is 26.3 Å². The first kappa shape index (κ1) is 21.2. The van der Waals surface area contributed by atoms with Crippen molar-refractivity contribution in [1.82, 2.24) is 5.32 Å². The van der Waals surface area contributed by atoms with Gasteiger partial charge in [-0.05, 0) is 29.3 Å². The van der Waals surface area contributed by atoms with Gasteiger partial charge in [-0.15, -0.1) is 25.6 Å². The molecule has 1 aliphatic rings. The number of alkyl halides is 6. The van der Waals surface area contributed by atoms with Crippen LogP contribution in [-0.4, -0.2) is 25.6 Å². The fourth-order valence-corrected chi connectivity index (χ4v) is 2.48. The minimum Gasteiger partial charge on any atom is -0.484 e. The summed E-state index contributed by atoms with van der Waals surface area (Å²) in [6.45, 7) is 0.925. The Hall–Kier alpha value is -2.13. The van der Waals surface area contributed by atoms with E-state index in [1.165, 1.54) is 30.3 Å². The largest absolute Gasteiger partial charge is 0.573 e. The average molecular weight is 414 g/mol. The molecule has 0 amide bonds. The van der Waals surface area contributed by atoms with Gasteiger partial charge in [-0.3, -0.25) is 0 Å². The van der Waals surface area contributed by atoms with Gasteiger partial charge >= 0.3 is 12.5 Å². The van der Waals surface area contributed by atoms with Crippen LogP contribution in [0.2, 0.25) is 0 Å². The zero-order valence-electron chi connectivity index (χ0n) is 13.5. The Morgan fingerprint density at radius 3 is 2.11 bits per heavy atom. The Kier molecular flexibility index (Phi) is 6.16. The van der Waals surface area contributed by atoms with E-state index in [-0.39, 0.29) is 35.4 Å². The monoisotopic (exact) mass is 413 g/mol. The van der Waals surface area contributed by atoms with E-state index in [1.54, 1.807) is 0 Å². The van der Waals surface area contributed by atoms with Crippen LogP contribution in [0.15, 0.2) is 42.5 Å². The van der Waals surface area contributed by atoms with Gasteiger partial charge in [0.2, 0.25) is 0 Å². The first-order chi connectivity index (χ1) is 12.1. The Morgan fingerprint density at radius 2 is 1.56 bits per heavy atom. The fraction of sp³-hybridized carbons (Fsp3) is 0.294. The van der Waals surface area contributed by atoms with Crippen LogP contribution >= 0.6 is 12.4 Å². The van der Waals surface area contributed by atoms with Crippen LogP contribution in [0.4, 0.5) is 26.3 Å². The molecule has 0 bridgehead atoms. The van der Waals surface area contributed by atoms with Gasteiger partial charge < -0.3 is 14.8 Å². The number of halogens is 7. The summed E-state index contributed by atoms with van der Waals surface area (Å²) in [7, 11) is 0. The van der Waals surface area contributed by atoms with Crippen molar-refractivity contribution in [3.8, 4) is 22.6 Å². The molecule has 1 N–H and O–H groups in total. The van der Waals surface area contributed by atoms with Crippen LogP contribution in [0.5, 0.6) is 11.5 Å². The summed E-state index contributed by atoms with van der Waals surface area (Å²) in [6, 6.07) is 7.99. The lowest BCUT2D eigenvalue weighted by atomic mass is 9.99. The third-order valence-corrected chi connectivity index (χ3v) is 3.75. The summed E-state index contributed by atoms with van der Waals surface area (Å²) >= 11 is 0. The van der Waals surface area contributed by atoms with E-state index in [2.05, 4.69) is 10.1 Å². The third-order valence-electron chi connectivity index (χ3n) is 3.75. The summed E-state index contributed by atoms with van der Waals surface area (Å²) in [6.07, 6.45) is -9.97. The lowest BCUT2D eigenvalue weighted by Gasteiger charge is -2.28. The summed E-state index contributed by atoms with van der Waals surface area (Å²) < 4.78 is 86.9. The van der Waals surface area contributed by atoms with E-state index in [0.29, 0.717) is 13.1 Å². The average Bonchev–Trinajstić information content (AvgIpc) is 2.49. The SMILES string of the molecule is Cl.FC(F)(F)Oc1cc(-c2ccccc2C(F)(F)F)ccc1OC1CNC1. The van der Waals surface area contributed by atoms with Crippen molar-refractivity contribution in [3.05, 3.63) is 48.0 Å². The second-order valence-corrected chi connectivity index (χ2v) is 5.65. The Morgan fingerprint density at radius 1 is 0.889 bits per heavy atom.